The predicted molar refractivity (Wildman–Crippen MR) is 337 cm³/mol. The number of rotatable bonds is 5. The van der Waals surface area contributed by atoms with Gasteiger partial charge in [0.1, 0.15) is 5.69 Å². The standard InChI is InChI=1S/C73H78BN4O2/c1-41(2)50-24-21-25-51(42(3)4)66(50)78-58-32-44(26-29-55(58)75(18)69(78)52-23-20-19-22-43(52)5)45-33-59-65-60(34-45)77-57-31-28-47(71(9,10)11)38-62(57)80-64-40-49(73(15,16)17)36-54(68(64)77)74(65)53-35-48(72(12,13)14)39-63-67(53)76(59)56-30-27-46(70(6,7)8)37-61(56)79-63/h19-42H,1-18H3/q+1. The molecule has 0 bridgehead atoms. The summed E-state index contributed by atoms with van der Waals surface area (Å²) in [4.78, 5) is 5.13. The van der Waals surface area contributed by atoms with Crippen LogP contribution in [0.4, 0.5) is 34.1 Å². The van der Waals surface area contributed by atoms with Gasteiger partial charge in [-0.3, -0.25) is 0 Å². The van der Waals surface area contributed by atoms with E-state index in [4.69, 9.17) is 9.47 Å². The molecule has 0 atom stereocenters. The van der Waals surface area contributed by atoms with Crippen LogP contribution in [-0.2, 0) is 28.7 Å². The van der Waals surface area contributed by atoms with Crippen LogP contribution >= 0.6 is 0 Å². The van der Waals surface area contributed by atoms with Crippen molar-refractivity contribution in [2.75, 3.05) is 9.80 Å². The monoisotopic (exact) mass is 1050 g/mol. The van der Waals surface area contributed by atoms with E-state index >= 15 is 0 Å². The summed E-state index contributed by atoms with van der Waals surface area (Å²) >= 11 is 0. The van der Waals surface area contributed by atoms with Gasteiger partial charge in [-0.1, -0.05) is 171 Å². The summed E-state index contributed by atoms with van der Waals surface area (Å²) in [6.45, 7) is 39.1. The van der Waals surface area contributed by atoms with E-state index in [-0.39, 0.29) is 28.4 Å². The van der Waals surface area contributed by atoms with Gasteiger partial charge >= 0.3 is 0 Å². The van der Waals surface area contributed by atoms with Crippen LogP contribution < -0.4 is 40.2 Å². The fourth-order valence-electron chi connectivity index (χ4n) is 13.3. The predicted octanol–water partition coefficient (Wildman–Crippen LogP) is 17.8. The van der Waals surface area contributed by atoms with Crippen molar-refractivity contribution >= 4 is 68.3 Å². The number of anilines is 6. The van der Waals surface area contributed by atoms with Gasteiger partial charge in [0, 0.05) is 22.5 Å². The van der Waals surface area contributed by atoms with Crippen molar-refractivity contribution in [1.82, 2.24) is 4.57 Å². The Hall–Kier alpha value is -7.51. The lowest BCUT2D eigenvalue weighted by Crippen LogP contribution is -2.62. The summed E-state index contributed by atoms with van der Waals surface area (Å²) in [5.41, 5.74) is 26.0. The number of aryl methyl sites for hydroxylation is 2. The average Bonchev–Trinajstić information content (AvgIpc) is 1.16. The van der Waals surface area contributed by atoms with Crippen LogP contribution in [0, 0.1) is 6.92 Å². The number of imidazole rings is 1. The first kappa shape index (κ1) is 51.9. The van der Waals surface area contributed by atoms with Gasteiger partial charge < -0.3 is 19.3 Å². The van der Waals surface area contributed by atoms with Crippen LogP contribution in [0.15, 0.2) is 133 Å². The molecule has 0 unspecified atom stereocenters. The van der Waals surface area contributed by atoms with E-state index in [1.807, 2.05) is 0 Å². The van der Waals surface area contributed by atoms with E-state index in [9.17, 15) is 0 Å². The quantitative estimate of drug-likeness (QED) is 0.127. The lowest BCUT2D eigenvalue weighted by atomic mass is 9.33. The average molecular weight is 1050 g/mol. The van der Waals surface area contributed by atoms with Crippen molar-refractivity contribution in [1.29, 1.82) is 0 Å². The summed E-state index contributed by atoms with van der Waals surface area (Å²) in [7, 11) is 2.25. The minimum Gasteiger partial charge on any atom is -0.453 e. The Kier molecular flexibility index (Phi) is 11.4. The molecule has 0 spiro atoms. The molecular formula is C73H78BN4O2+. The molecule has 0 radical (unpaired) electrons. The lowest BCUT2D eigenvalue weighted by molar-refractivity contribution is -0.633. The molecule has 7 heteroatoms. The Balaban J connectivity index is 1.17. The smallest absolute Gasteiger partial charge is 0.295 e. The minimum absolute atomic E-state index is 0.0798. The molecular weight excluding hydrogens is 976 g/mol. The van der Waals surface area contributed by atoms with Crippen molar-refractivity contribution in [2.24, 2.45) is 7.05 Å². The number of aromatic nitrogens is 2. The molecule has 0 N–H and O–H groups in total. The number of hydrogen-bond donors (Lipinski definition) is 0. The highest BCUT2D eigenvalue weighted by Gasteiger charge is 2.50. The van der Waals surface area contributed by atoms with E-state index in [0.717, 1.165) is 68.2 Å². The molecule has 6 nitrogen and oxygen atoms in total. The zero-order valence-corrected chi connectivity index (χ0v) is 50.5. The fourth-order valence-corrected chi connectivity index (χ4v) is 13.3. The first-order valence-electron chi connectivity index (χ1n) is 29.2. The summed E-state index contributed by atoms with van der Waals surface area (Å²) in [6.07, 6.45) is 0. The topological polar surface area (TPSA) is 33.8 Å². The van der Waals surface area contributed by atoms with E-state index < -0.39 is 0 Å². The highest BCUT2D eigenvalue weighted by molar-refractivity contribution is 7.00. The van der Waals surface area contributed by atoms with Crippen LogP contribution in [0.5, 0.6) is 23.0 Å². The third kappa shape index (κ3) is 7.83. The van der Waals surface area contributed by atoms with Gasteiger partial charge in [-0.25, -0.2) is 4.57 Å². The first-order valence-corrected chi connectivity index (χ1v) is 29.2. The van der Waals surface area contributed by atoms with Gasteiger partial charge in [0.25, 0.3) is 12.5 Å². The van der Waals surface area contributed by atoms with Crippen molar-refractivity contribution in [3.63, 3.8) is 0 Å². The van der Waals surface area contributed by atoms with Crippen molar-refractivity contribution in [3.05, 3.63) is 172 Å². The van der Waals surface area contributed by atoms with Gasteiger partial charge in [-0.05, 0) is 169 Å². The molecule has 4 aliphatic rings. The molecule has 1 aromatic heterocycles. The summed E-state index contributed by atoms with van der Waals surface area (Å²) in [6, 6.07) is 51.5. The zero-order chi connectivity index (χ0) is 56.6. The van der Waals surface area contributed by atoms with Gasteiger partial charge in [0.05, 0.1) is 35.4 Å². The molecule has 80 heavy (non-hydrogen) atoms. The second kappa shape index (κ2) is 17.5. The summed E-state index contributed by atoms with van der Waals surface area (Å²) < 4.78 is 19.7. The number of hydrogen-bond acceptors (Lipinski definition) is 4. The maximum atomic E-state index is 7.33. The van der Waals surface area contributed by atoms with Gasteiger partial charge in [-0.15, -0.1) is 0 Å². The van der Waals surface area contributed by atoms with Gasteiger partial charge in [-0.2, -0.15) is 4.57 Å². The zero-order valence-electron chi connectivity index (χ0n) is 50.5. The van der Waals surface area contributed by atoms with Crippen molar-refractivity contribution in [2.45, 2.75) is 151 Å². The summed E-state index contributed by atoms with van der Waals surface area (Å²) in [5.74, 6) is 5.30. The molecule has 5 heterocycles. The van der Waals surface area contributed by atoms with Gasteiger partial charge in [0.2, 0.25) is 0 Å². The number of ether oxygens (including phenoxy) is 2. The summed E-state index contributed by atoms with van der Waals surface area (Å²) in [5, 5.41) is 0. The number of benzene rings is 8. The van der Waals surface area contributed by atoms with E-state index in [1.165, 1.54) is 83.4 Å². The Morgan fingerprint density at radius 1 is 0.450 bits per heavy atom. The molecule has 0 saturated heterocycles. The molecule has 404 valence electrons. The van der Waals surface area contributed by atoms with Crippen LogP contribution in [-0.4, -0.2) is 11.3 Å². The van der Waals surface area contributed by atoms with Crippen molar-refractivity contribution in [3.8, 4) is 51.2 Å². The minimum atomic E-state index is -0.155. The molecule has 8 aromatic carbocycles. The Bertz CT molecular complexity index is 3920. The van der Waals surface area contributed by atoms with Crippen LogP contribution in [0.3, 0.4) is 0 Å². The Morgan fingerprint density at radius 3 is 1.39 bits per heavy atom. The SMILES string of the molecule is Cc1ccccc1-c1n(-c2c(C(C)C)cccc2C(C)C)c2cc(-c3cc4c5c(c3)N3c6ccc(C(C)(C)C)cc6Oc6cc(C(C)(C)C)cc(c63)B5c3cc(C(C)(C)C)cc5c3N4c3ccc(C(C)(C)C)cc3O5)ccc2[n+]1C. The maximum absolute atomic E-state index is 7.33. The third-order valence-corrected chi connectivity index (χ3v) is 17.9. The van der Waals surface area contributed by atoms with Crippen LogP contribution in [0.1, 0.15) is 162 Å². The molecule has 0 aliphatic carbocycles. The first-order chi connectivity index (χ1) is 37.7. The molecule has 4 aliphatic heterocycles. The largest absolute Gasteiger partial charge is 0.453 e. The second-order valence-corrected chi connectivity index (χ2v) is 28.3. The lowest BCUT2D eigenvalue weighted by Gasteiger charge is -2.48. The fraction of sp³-hybridized carbons (Fsp3) is 0.329. The molecule has 0 saturated carbocycles. The van der Waals surface area contributed by atoms with E-state index in [2.05, 4.69) is 277 Å². The van der Waals surface area contributed by atoms with Crippen LogP contribution in [0.25, 0.3) is 39.2 Å². The maximum Gasteiger partial charge on any atom is 0.295 e. The number of nitrogens with zero attached hydrogens (tertiary/aromatic N) is 4. The Labute approximate surface area is 476 Å². The van der Waals surface area contributed by atoms with Gasteiger partial charge in [0.15, 0.2) is 34.0 Å². The normalized spacial score (nSPS) is 14.2. The van der Waals surface area contributed by atoms with Crippen molar-refractivity contribution < 1.29 is 14.0 Å². The molecule has 9 aromatic rings. The van der Waals surface area contributed by atoms with Crippen LogP contribution in [0.2, 0.25) is 0 Å². The molecule has 0 fully saturated rings. The highest BCUT2D eigenvalue weighted by atomic mass is 16.5. The van der Waals surface area contributed by atoms with E-state index in [1.54, 1.807) is 0 Å². The van der Waals surface area contributed by atoms with E-state index in [0.29, 0.717) is 11.8 Å². The number of para-hydroxylation sites is 1. The number of fused-ring (bicyclic) bond motifs is 9. The Morgan fingerprint density at radius 2 is 0.925 bits per heavy atom. The molecule has 0 amide bonds. The highest BCUT2D eigenvalue weighted by Crippen LogP contribution is 2.59. The molecule has 13 rings (SSSR count). The third-order valence-electron chi connectivity index (χ3n) is 17.9. The second-order valence-electron chi connectivity index (χ2n) is 28.3.